The van der Waals surface area contributed by atoms with Crippen molar-refractivity contribution in [2.45, 2.75) is 32.6 Å². The summed E-state index contributed by atoms with van der Waals surface area (Å²) in [5.74, 6) is -1.06. The number of carbonyl (C=O) groups excluding carboxylic acids is 1. The Morgan fingerprint density at radius 1 is 1.26 bits per heavy atom. The highest BCUT2D eigenvalue weighted by molar-refractivity contribution is 6.32. The number of aromatic nitrogens is 2. The minimum absolute atomic E-state index is 0.108. The van der Waals surface area contributed by atoms with Gasteiger partial charge >= 0.3 is 12.0 Å². The van der Waals surface area contributed by atoms with E-state index in [-0.39, 0.29) is 17.9 Å². The average Bonchev–Trinajstić information content (AvgIpc) is 3.05. The van der Waals surface area contributed by atoms with Crippen molar-refractivity contribution < 1.29 is 14.7 Å². The maximum absolute atomic E-state index is 12.6. The van der Waals surface area contributed by atoms with E-state index in [1.807, 2.05) is 32.0 Å². The maximum atomic E-state index is 12.6. The first-order valence-electron chi connectivity index (χ1n) is 9.00. The summed E-state index contributed by atoms with van der Waals surface area (Å²) in [6.07, 6.45) is 2.57. The fourth-order valence-corrected chi connectivity index (χ4v) is 3.56. The van der Waals surface area contributed by atoms with Crippen molar-refractivity contribution >= 4 is 29.3 Å². The Morgan fingerprint density at radius 2 is 1.93 bits per heavy atom. The van der Waals surface area contributed by atoms with Crippen LogP contribution in [0.15, 0.2) is 30.5 Å². The van der Waals surface area contributed by atoms with Gasteiger partial charge in [-0.15, -0.1) is 0 Å². The lowest BCUT2D eigenvalue weighted by atomic mass is 9.97. The zero-order valence-corrected chi connectivity index (χ0v) is 16.1. The topological polar surface area (TPSA) is 87.5 Å². The van der Waals surface area contributed by atoms with Crippen LogP contribution in [0.3, 0.4) is 0 Å². The molecule has 2 heterocycles. The fraction of sp³-hybridized carbons (Fsp3) is 0.421. The number of para-hydroxylation sites is 1. The maximum Gasteiger partial charge on any atom is 0.321 e. The van der Waals surface area contributed by atoms with E-state index < -0.39 is 5.97 Å². The van der Waals surface area contributed by atoms with E-state index in [0.29, 0.717) is 36.6 Å². The van der Waals surface area contributed by atoms with Crippen LogP contribution in [-0.4, -0.2) is 44.9 Å². The summed E-state index contributed by atoms with van der Waals surface area (Å²) in [5, 5.41) is 17.0. The summed E-state index contributed by atoms with van der Waals surface area (Å²) in [6, 6.07) is 7.18. The first kappa shape index (κ1) is 19.2. The third-order valence-corrected chi connectivity index (χ3v) is 5.13. The molecule has 0 bridgehead atoms. The molecule has 0 atom stereocenters. The van der Waals surface area contributed by atoms with Crippen LogP contribution in [0.25, 0.3) is 5.69 Å². The Bertz CT molecular complexity index is 841. The normalized spacial score (nSPS) is 15.2. The minimum atomic E-state index is -0.793. The molecule has 0 aliphatic carbocycles. The van der Waals surface area contributed by atoms with Gasteiger partial charge in [-0.25, -0.2) is 9.48 Å². The standard InChI is InChI=1S/C19H23ClN4O3/c1-12(2)17-15(11-21-24(17)16-6-4-3-5-14(16)20)22-19(27)23-9-7-13(8-10-23)18(25)26/h3-6,11-13H,7-10H2,1-2H3,(H,22,27)(H,25,26). The van der Waals surface area contributed by atoms with Crippen LogP contribution in [0.2, 0.25) is 5.02 Å². The largest absolute Gasteiger partial charge is 0.481 e. The van der Waals surface area contributed by atoms with E-state index in [1.165, 1.54) is 0 Å². The Morgan fingerprint density at radius 3 is 2.52 bits per heavy atom. The molecule has 0 radical (unpaired) electrons. The highest BCUT2D eigenvalue weighted by atomic mass is 35.5. The van der Waals surface area contributed by atoms with Crippen LogP contribution < -0.4 is 5.32 Å². The van der Waals surface area contributed by atoms with Crippen LogP contribution >= 0.6 is 11.6 Å². The zero-order chi connectivity index (χ0) is 19.6. The van der Waals surface area contributed by atoms with Crippen molar-refractivity contribution in [3.63, 3.8) is 0 Å². The molecule has 7 nitrogen and oxygen atoms in total. The van der Waals surface area contributed by atoms with Gasteiger partial charge < -0.3 is 15.3 Å². The smallest absolute Gasteiger partial charge is 0.321 e. The number of rotatable bonds is 4. The zero-order valence-electron chi connectivity index (χ0n) is 15.4. The van der Waals surface area contributed by atoms with Gasteiger partial charge in [0.15, 0.2) is 0 Å². The number of anilines is 1. The molecule has 2 aromatic rings. The van der Waals surface area contributed by atoms with Crippen molar-refractivity contribution in [1.29, 1.82) is 0 Å². The number of nitrogens with one attached hydrogen (secondary N) is 1. The molecule has 1 aliphatic rings. The summed E-state index contributed by atoms with van der Waals surface area (Å²) in [5.41, 5.74) is 2.25. The van der Waals surface area contributed by atoms with Crippen LogP contribution in [0, 0.1) is 5.92 Å². The highest BCUT2D eigenvalue weighted by Crippen LogP contribution is 2.30. The number of likely N-dealkylation sites (tertiary alicyclic amines) is 1. The second-order valence-corrected chi connectivity index (χ2v) is 7.40. The molecule has 8 heteroatoms. The van der Waals surface area contributed by atoms with Crippen molar-refractivity contribution in [2.24, 2.45) is 5.92 Å². The van der Waals surface area contributed by atoms with Gasteiger partial charge in [-0.2, -0.15) is 5.10 Å². The van der Waals surface area contributed by atoms with E-state index in [2.05, 4.69) is 10.4 Å². The SMILES string of the molecule is CC(C)c1c(NC(=O)N2CCC(C(=O)O)CC2)cnn1-c1ccccc1Cl. The number of hydrogen-bond acceptors (Lipinski definition) is 3. The molecule has 2 amide bonds. The first-order valence-corrected chi connectivity index (χ1v) is 9.37. The third-order valence-electron chi connectivity index (χ3n) is 4.81. The van der Waals surface area contributed by atoms with Crippen LogP contribution in [-0.2, 0) is 4.79 Å². The summed E-state index contributed by atoms with van der Waals surface area (Å²) >= 11 is 6.31. The van der Waals surface area contributed by atoms with Crippen molar-refractivity contribution in [3.05, 3.63) is 41.2 Å². The molecule has 0 spiro atoms. The number of urea groups is 1. The molecule has 0 unspecified atom stereocenters. The predicted octanol–water partition coefficient (Wildman–Crippen LogP) is 3.98. The number of benzene rings is 1. The lowest BCUT2D eigenvalue weighted by molar-refractivity contribution is -0.143. The predicted molar refractivity (Wildman–Crippen MR) is 104 cm³/mol. The van der Waals surface area contributed by atoms with Gasteiger partial charge in [-0.05, 0) is 30.9 Å². The van der Waals surface area contributed by atoms with Gasteiger partial charge in [0.1, 0.15) is 0 Å². The monoisotopic (exact) mass is 390 g/mol. The lowest BCUT2D eigenvalue weighted by Crippen LogP contribution is -2.42. The first-order chi connectivity index (χ1) is 12.9. The number of carbonyl (C=O) groups is 2. The summed E-state index contributed by atoms with van der Waals surface area (Å²) in [7, 11) is 0. The number of hydrogen-bond donors (Lipinski definition) is 2. The van der Waals surface area contributed by atoms with Crippen molar-refractivity contribution in [2.75, 3.05) is 18.4 Å². The third kappa shape index (κ3) is 4.08. The molecule has 2 N–H and O–H groups in total. The van der Waals surface area contributed by atoms with E-state index in [1.54, 1.807) is 21.8 Å². The van der Waals surface area contributed by atoms with Crippen molar-refractivity contribution in [1.82, 2.24) is 14.7 Å². The highest BCUT2D eigenvalue weighted by Gasteiger charge is 2.28. The molecule has 1 aromatic heterocycles. The van der Waals surface area contributed by atoms with Crippen LogP contribution in [0.4, 0.5) is 10.5 Å². The molecule has 0 saturated carbocycles. The molecule has 27 heavy (non-hydrogen) atoms. The van der Waals surface area contributed by atoms with Gasteiger partial charge in [0.2, 0.25) is 0 Å². The Hall–Kier alpha value is -2.54. The lowest BCUT2D eigenvalue weighted by Gasteiger charge is -2.30. The second-order valence-electron chi connectivity index (χ2n) is 6.99. The minimum Gasteiger partial charge on any atom is -0.481 e. The van der Waals surface area contributed by atoms with Crippen LogP contribution in [0.5, 0.6) is 0 Å². The van der Waals surface area contributed by atoms with E-state index >= 15 is 0 Å². The molecule has 1 aromatic carbocycles. The number of piperidine rings is 1. The quantitative estimate of drug-likeness (QED) is 0.826. The molecular weight excluding hydrogens is 368 g/mol. The number of carboxylic acids is 1. The van der Waals surface area contributed by atoms with Gasteiger partial charge in [0.05, 0.1) is 34.2 Å². The number of amides is 2. The summed E-state index contributed by atoms with van der Waals surface area (Å²) < 4.78 is 1.75. The molecule has 3 rings (SSSR count). The van der Waals surface area contributed by atoms with Crippen molar-refractivity contribution in [3.8, 4) is 5.69 Å². The number of nitrogens with zero attached hydrogens (tertiary/aromatic N) is 3. The van der Waals surface area contributed by atoms with Gasteiger partial charge in [0.25, 0.3) is 0 Å². The summed E-state index contributed by atoms with van der Waals surface area (Å²) in [6.45, 7) is 4.91. The Balaban J connectivity index is 1.79. The Labute approximate surface area is 162 Å². The van der Waals surface area contributed by atoms with E-state index in [9.17, 15) is 9.59 Å². The second kappa shape index (κ2) is 8.00. The molecule has 1 aliphatic heterocycles. The number of halogens is 1. The van der Waals surface area contributed by atoms with E-state index in [0.717, 1.165) is 11.4 Å². The Kier molecular flexibility index (Phi) is 5.70. The van der Waals surface area contributed by atoms with Crippen LogP contribution in [0.1, 0.15) is 38.3 Å². The van der Waals surface area contributed by atoms with Gasteiger partial charge in [-0.1, -0.05) is 37.6 Å². The fourth-order valence-electron chi connectivity index (χ4n) is 3.35. The molecule has 1 fully saturated rings. The van der Waals surface area contributed by atoms with Gasteiger partial charge in [0, 0.05) is 13.1 Å². The molecule has 1 saturated heterocycles. The molecule has 144 valence electrons. The summed E-state index contributed by atoms with van der Waals surface area (Å²) in [4.78, 5) is 25.4. The van der Waals surface area contributed by atoms with Gasteiger partial charge in [-0.3, -0.25) is 4.79 Å². The number of carboxylic acid groups (broad SMARTS) is 1. The van der Waals surface area contributed by atoms with E-state index in [4.69, 9.17) is 16.7 Å². The number of aliphatic carboxylic acids is 1. The molecular formula is C19H23ClN4O3. The average molecular weight is 391 g/mol.